The maximum absolute atomic E-state index is 15.4. The number of ether oxygens (including phenoxy) is 15. The number of rotatable bonds is 27. The van der Waals surface area contributed by atoms with E-state index in [0.29, 0.717) is 0 Å². The Kier molecular flexibility index (Phi) is 26.3. The van der Waals surface area contributed by atoms with Crippen molar-refractivity contribution in [2.75, 3.05) is 19.8 Å². The SMILES string of the molecule is O=C(OC[C@H]1OC(OC(=O)c2ccccc2)[C@H](OC(=O)c2ccccc2)[C@@H](O)[C@@H]1O[C@H]1O[C@H](COC(=O)c2ccccc2)[C@@H](O[C@H]2O[C@H](COC(=O)c3ccccc3)[C@@H](OC(=O)c3ccccc3)[C@H](OC(=O)c3ccccc3)[C@H]2OC(=O)c2ccccc2)[C@H](OC(=O)c2ccccc2)[C@H]1OC(=O)c1ccccc1)c1ccccc1. The molecule has 26 nitrogen and oxygen atoms in total. The van der Waals surface area contributed by atoms with Gasteiger partial charge >= 0.3 is 59.7 Å². The molecule has 0 bridgehead atoms. The highest BCUT2D eigenvalue weighted by atomic mass is 16.8. The van der Waals surface area contributed by atoms with E-state index in [0.717, 1.165) is 0 Å². The van der Waals surface area contributed by atoms with Crippen molar-refractivity contribution in [2.45, 2.75) is 92.1 Å². The minimum atomic E-state index is -2.32. The van der Waals surface area contributed by atoms with E-state index in [2.05, 4.69) is 0 Å². The molecule has 10 aromatic carbocycles. The summed E-state index contributed by atoms with van der Waals surface area (Å²) in [6, 6.07) is 75.2. The molecule has 10 aromatic rings. The van der Waals surface area contributed by atoms with Crippen LogP contribution in [0.5, 0.6) is 0 Å². The summed E-state index contributed by atoms with van der Waals surface area (Å²) >= 11 is 0. The van der Waals surface area contributed by atoms with Gasteiger partial charge < -0.3 is 76.2 Å². The molecule has 3 fully saturated rings. The monoisotopic (exact) mass is 1540 g/mol. The Bertz CT molecular complexity index is 4900. The van der Waals surface area contributed by atoms with Crippen LogP contribution in [0.4, 0.5) is 0 Å². The van der Waals surface area contributed by atoms with E-state index >= 15 is 14.4 Å². The van der Waals surface area contributed by atoms with Crippen LogP contribution in [0.2, 0.25) is 0 Å². The van der Waals surface area contributed by atoms with Crippen LogP contribution in [0.3, 0.4) is 0 Å². The largest absolute Gasteiger partial charge is 0.459 e. The lowest BCUT2D eigenvalue weighted by Crippen LogP contribution is -2.69. The molecule has 3 aliphatic rings. The van der Waals surface area contributed by atoms with Crippen LogP contribution in [-0.2, 0) is 71.1 Å². The van der Waals surface area contributed by atoms with Crippen molar-refractivity contribution in [3.05, 3.63) is 359 Å². The molecular weight excluding hydrogens is 1470 g/mol. The minimum Gasteiger partial charge on any atom is -0.459 e. The Balaban J connectivity index is 0.982. The maximum Gasteiger partial charge on any atom is 0.340 e. The molecule has 0 saturated carbocycles. The molecule has 0 spiro atoms. The molecule has 0 radical (unpaired) electrons. The Hall–Kier alpha value is -13.3. The van der Waals surface area contributed by atoms with Gasteiger partial charge in [-0.1, -0.05) is 182 Å². The van der Waals surface area contributed by atoms with E-state index in [-0.39, 0.29) is 55.6 Å². The predicted molar refractivity (Wildman–Crippen MR) is 398 cm³/mol. The van der Waals surface area contributed by atoms with Crippen molar-refractivity contribution in [1.29, 1.82) is 0 Å². The number of esters is 10. The fourth-order valence-electron chi connectivity index (χ4n) is 12.6. The van der Waals surface area contributed by atoms with Crippen molar-refractivity contribution in [1.82, 2.24) is 0 Å². The first kappa shape index (κ1) is 78.8. The normalized spacial score (nSPS) is 22.9. The molecule has 3 aliphatic heterocycles. The van der Waals surface area contributed by atoms with Crippen molar-refractivity contribution in [2.24, 2.45) is 0 Å². The Labute approximate surface area is 651 Å². The molecule has 0 amide bonds. The third-order valence-electron chi connectivity index (χ3n) is 18.3. The van der Waals surface area contributed by atoms with E-state index in [1.54, 1.807) is 121 Å². The number of carbonyl (C=O) groups excluding carboxylic acids is 10. The lowest BCUT2D eigenvalue weighted by Gasteiger charge is -2.50. The zero-order valence-electron chi connectivity index (χ0n) is 60.3. The molecule has 0 aliphatic carbocycles. The Morgan fingerprint density at radius 1 is 0.211 bits per heavy atom. The predicted octanol–water partition coefficient (Wildman–Crippen LogP) is 11.1. The average molecular weight is 1550 g/mol. The third kappa shape index (κ3) is 19.9. The van der Waals surface area contributed by atoms with E-state index < -0.39 is 172 Å². The highest BCUT2D eigenvalue weighted by Gasteiger charge is 2.61. The van der Waals surface area contributed by atoms with Gasteiger partial charge in [-0.2, -0.15) is 0 Å². The van der Waals surface area contributed by atoms with Crippen molar-refractivity contribution < 1.29 is 124 Å². The molecule has 1 unspecified atom stereocenters. The minimum absolute atomic E-state index is 0.00941. The first-order valence-electron chi connectivity index (χ1n) is 36.0. The number of benzene rings is 10. The van der Waals surface area contributed by atoms with E-state index in [9.17, 15) is 38.7 Å². The van der Waals surface area contributed by atoms with Crippen LogP contribution in [0.1, 0.15) is 104 Å². The molecule has 15 atom stereocenters. The average Bonchev–Trinajstić information content (AvgIpc) is 0.760. The number of carbonyl (C=O) groups is 10. The molecule has 1 N–H and O–H groups in total. The van der Waals surface area contributed by atoms with Gasteiger partial charge in [-0.25, -0.2) is 47.9 Å². The topological polar surface area (TPSA) is 329 Å². The van der Waals surface area contributed by atoms with Gasteiger partial charge in [0.15, 0.2) is 49.2 Å². The van der Waals surface area contributed by atoms with E-state index in [1.807, 2.05) is 0 Å². The van der Waals surface area contributed by atoms with E-state index in [1.165, 1.54) is 182 Å². The Morgan fingerprint density at radius 2 is 0.404 bits per heavy atom. The van der Waals surface area contributed by atoms with Crippen LogP contribution in [0.15, 0.2) is 303 Å². The van der Waals surface area contributed by atoms with Crippen molar-refractivity contribution in [3.8, 4) is 0 Å². The summed E-state index contributed by atoms with van der Waals surface area (Å²) < 4.78 is 96.9. The molecule has 26 heteroatoms. The fourth-order valence-corrected chi connectivity index (χ4v) is 12.6. The summed E-state index contributed by atoms with van der Waals surface area (Å²) in [5, 5.41) is 13.2. The van der Waals surface area contributed by atoms with Gasteiger partial charge in [0, 0.05) is 0 Å². The van der Waals surface area contributed by atoms with Gasteiger partial charge in [0.05, 0.1) is 55.6 Å². The second-order valence-electron chi connectivity index (χ2n) is 25.9. The summed E-state index contributed by atoms with van der Waals surface area (Å²) in [5.74, 6) is -10.6. The number of aliphatic hydroxyl groups excluding tert-OH is 1. The smallest absolute Gasteiger partial charge is 0.340 e. The first-order chi connectivity index (χ1) is 55.6. The first-order valence-corrected chi connectivity index (χ1v) is 36.0. The van der Waals surface area contributed by atoms with Crippen molar-refractivity contribution in [3.63, 3.8) is 0 Å². The third-order valence-corrected chi connectivity index (χ3v) is 18.3. The van der Waals surface area contributed by atoms with Gasteiger partial charge in [0.1, 0.15) is 56.4 Å². The zero-order valence-corrected chi connectivity index (χ0v) is 60.3. The highest BCUT2D eigenvalue weighted by Crippen LogP contribution is 2.40. The van der Waals surface area contributed by atoms with Crippen LogP contribution in [0, 0.1) is 0 Å². The highest BCUT2D eigenvalue weighted by molar-refractivity contribution is 5.94. The van der Waals surface area contributed by atoms with E-state index in [4.69, 9.17) is 71.1 Å². The zero-order chi connectivity index (χ0) is 79.3. The van der Waals surface area contributed by atoms with Crippen LogP contribution in [-0.4, -0.2) is 177 Å². The van der Waals surface area contributed by atoms with Gasteiger partial charge in [0.2, 0.25) is 6.29 Å². The quantitative estimate of drug-likeness (QED) is 0.0369. The molecule has 114 heavy (non-hydrogen) atoms. The standard InChI is InChI=1S/C88H72O26/c89-67-68(64(51-100-76(90)54-31-11-1-12-32-54)103-86(114-85(99)63-49-29-10-30-50-63)71(67)107-80(94)58-39-19-5-20-40-58)112-87-75(111-84(98)62-47-27-9-28-48-62)73(109-82(96)60-43-23-7-24-44-60)70(66(105-87)53-102-78(92)56-35-15-3-16-36-56)113-88-74(110-83(97)61-45-25-8-26-46-61)72(108-81(95)59-41-21-6-22-42-59)69(106-79(93)57-37-17-4-18-38-57)65(104-88)52-101-77(91)55-33-13-2-14-34-55/h1-50,64-75,86-89H,51-53H2/t64-,65-,66-,67+,68-,69-,70-,71-,72+,73+,74-,75-,86?,87-,88-/m1/s1. The molecule has 580 valence electrons. The van der Waals surface area contributed by atoms with Gasteiger partial charge in [-0.3, -0.25) is 0 Å². The summed E-state index contributed by atoms with van der Waals surface area (Å²) in [6.45, 7) is -2.75. The van der Waals surface area contributed by atoms with Gasteiger partial charge in [-0.05, 0) is 121 Å². The summed E-state index contributed by atoms with van der Waals surface area (Å²) in [7, 11) is 0. The van der Waals surface area contributed by atoms with Crippen LogP contribution in [0.25, 0.3) is 0 Å². The van der Waals surface area contributed by atoms with Gasteiger partial charge in [0.25, 0.3) is 0 Å². The summed E-state index contributed by atoms with van der Waals surface area (Å²) in [5.41, 5.74) is -0.486. The summed E-state index contributed by atoms with van der Waals surface area (Å²) in [4.78, 5) is 147. The number of aliphatic hydroxyl groups is 1. The fraction of sp³-hybridized carbons (Fsp3) is 0.205. The lowest BCUT2D eigenvalue weighted by molar-refractivity contribution is -0.374. The van der Waals surface area contributed by atoms with Crippen LogP contribution >= 0.6 is 0 Å². The summed E-state index contributed by atoms with van der Waals surface area (Å²) in [6.07, 6.45) is -31.8. The molecule has 13 rings (SSSR count). The van der Waals surface area contributed by atoms with Crippen LogP contribution < -0.4 is 0 Å². The maximum atomic E-state index is 15.4. The molecule has 3 heterocycles. The van der Waals surface area contributed by atoms with Gasteiger partial charge in [-0.15, -0.1) is 0 Å². The number of hydrogen-bond donors (Lipinski definition) is 1. The number of hydrogen-bond acceptors (Lipinski definition) is 26. The molecule has 0 aromatic heterocycles. The second-order valence-corrected chi connectivity index (χ2v) is 25.9. The Morgan fingerprint density at radius 3 is 0.684 bits per heavy atom. The molecular formula is C88H72O26. The molecule has 3 saturated heterocycles. The van der Waals surface area contributed by atoms with Crippen molar-refractivity contribution >= 4 is 59.7 Å². The lowest BCUT2D eigenvalue weighted by atomic mass is 9.95. The second kappa shape index (κ2) is 38.1.